The minimum Gasteiger partial charge on any atom is -0.465 e. The summed E-state index contributed by atoms with van der Waals surface area (Å²) in [5.41, 5.74) is 1.06. The second kappa shape index (κ2) is 12.0. The van der Waals surface area contributed by atoms with Gasteiger partial charge < -0.3 is 14.9 Å². The van der Waals surface area contributed by atoms with Crippen LogP contribution in [0.25, 0.3) is 0 Å². The van der Waals surface area contributed by atoms with E-state index in [0.717, 1.165) is 12.8 Å². The molecule has 0 aromatic heterocycles. The molecule has 0 radical (unpaired) electrons. The Morgan fingerprint density at radius 2 is 1.50 bits per heavy atom. The van der Waals surface area contributed by atoms with E-state index in [0.29, 0.717) is 17.5 Å². The standard InChI is InChI=1S/C20H32O4/c1-3-4-5-6-7-8-9-10-11-18(21)19(22)16-12-14-17(15-13-16)20(23)24-2/h12-15,18-19,21-22H,3-11H2,1-2H3. The van der Waals surface area contributed by atoms with Crippen LogP contribution in [0.5, 0.6) is 0 Å². The molecule has 1 rings (SSSR count). The number of carbonyl (C=O) groups is 1. The molecule has 24 heavy (non-hydrogen) atoms. The molecule has 0 fully saturated rings. The summed E-state index contributed by atoms with van der Waals surface area (Å²) in [5, 5.41) is 20.3. The number of hydrogen-bond donors (Lipinski definition) is 2. The van der Waals surface area contributed by atoms with E-state index in [1.807, 2.05) is 0 Å². The predicted octanol–water partition coefficient (Wildman–Crippen LogP) is 4.40. The molecule has 136 valence electrons. The van der Waals surface area contributed by atoms with Crippen molar-refractivity contribution in [2.45, 2.75) is 76.9 Å². The maximum atomic E-state index is 11.4. The first-order valence-electron chi connectivity index (χ1n) is 9.14. The van der Waals surface area contributed by atoms with Gasteiger partial charge in [-0.05, 0) is 24.1 Å². The normalized spacial score (nSPS) is 13.5. The van der Waals surface area contributed by atoms with Crippen molar-refractivity contribution in [3.63, 3.8) is 0 Å². The lowest BCUT2D eigenvalue weighted by Gasteiger charge is -2.18. The molecule has 0 bridgehead atoms. The number of carbonyl (C=O) groups excluding carboxylic acids is 1. The van der Waals surface area contributed by atoms with Crippen molar-refractivity contribution in [1.82, 2.24) is 0 Å². The SMILES string of the molecule is CCCCCCCCCCC(O)C(O)c1ccc(C(=O)OC)cc1. The van der Waals surface area contributed by atoms with Crippen LogP contribution < -0.4 is 0 Å². The molecule has 0 heterocycles. The minimum atomic E-state index is -0.916. The molecule has 4 nitrogen and oxygen atoms in total. The molecule has 2 atom stereocenters. The number of methoxy groups -OCH3 is 1. The Kier molecular flexibility index (Phi) is 10.4. The molecule has 0 aliphatic carbocycles. The highest BCUT2D eigenvalue weighted by molar-refractivity contribution is 5.89. The fourth-order valence-electron chi connectivity index (χ4n) is 2.80. The molecule has 0 aliphatic rings. The van der Waals surface area contributed by atoms with Crippen LogP contribution >= 0.6 is 0 Å². The van der Waals surface area contributed by atoms with Gasteiger partial charge in [0.2, 0.25) is 0 Å². The van der Waals surface area contributed by atoms with E-state index in [9.17, 15) is 15.0 Å². The molecule has 0 amide bonds. The van der Waals surface area contributed by atoms with Gasteiger partial charge in [0.05, 0.1) is 18.8 Å². The van der Waals surface area contributed by atoms with Gasteiger partial charge in [-0.2, -0.15) is 0 Å². The van der Waals surface area contributed by atoms with Gasteiger partial charge in [0, 0.05) is 0 Å². The highest BCUT2D eigenvalue weighted by atomic mass is 16.5. The van der Waals surface area contributed by atoms with Crippen LogP contribution in [0.1, 0.15) is 86.7 Å². The molecule has 1 aromatic carbocycles. The number of ether oxygens (including phenoxy) is 1. The average Bonchev–Trinajstić information content (AvgIpc) is 2.62. The highest BCUT2D eigenvalue weighted by Gasteiger charge is 2.18. The average molecular weight is 336 g/mol. The summed E-state index contributed by atoms with van der Waals surface area (Å²) in [6.07, 6.45) is 8.58. The van der Waals surface area contributed by atoms with Crippen molar-refractivity contribution < 1.29 is 19.7 Å². The molecule has 0 spiro atoms. The summed E-state index contributed by atoms with van der Waals surface area (Å²) in [6.45, 7) is 2.22. The number of benzene rings is 1. The monoisotopic (exact) mass is 336 g/mol. The molecule has 1 aromatic rings. The number of rotatable bonds is 12. The number of aliphatic hydroxyl groups excluding tert-OH is 2. The van der Waals surface area contributed by atoms with Crippen molar-refractivity contribution in [1.29, 1.82) is 0 Å². The first kappa shape index (κ1) is 20.7. The second-order valence-corrected chi connectivity index (χ2v) is 6.39. The van der Waals surface area contributed by atoms with Crippen molar-refractivity contribution in [2.75, 3.05) is 7.11 Å². The minimum absolute atomic E-state index is 0.407. The Balaban J connectivity index is 2.26. The molecule has 2 N–H and O–H groups in total. The van der Waals surface area contributed by atoms with E-state index in [1.54, 1.807) is 24.3 Å². The van der Waals surface area contributed by atoms with E-state index < -0.39 is 18.2 Å². The van der Waals surface area contributed by atoms with Gasteiger partial charge in [-0.1, -0.05) is 70.4 Å². The molecule has 2 unspecified atom stereocenters. The van der Waals surface area contributed by atoms with Crippen LogP contribution in [0, 0.1) is 0 Å². The zero-order valence-corrected chi connectivity index (χ0v) is 15.0. The number of aliphatic hydroxyl groups is 2. The predicted molar refractivity (Wildman–Crippen MR) is 96.0 cm³/mol. The Labute approximate surface area is 145 Å². The largest absolute Gasteiger partial charge is 0.465 e. The molecule has 0 saturated heterocycles. The third-order valence-corrected chi connectivity index (χ3v) is 4.39. The van der Waals surface area contributed by atoms with Crippen molar-refractivity contribution in [3.05, 3.63) is 35.4 Å². The third-order valence-electron chi connectivity index (χ3n) is 4.39. The highest BCUT2D eigenvalue weighted by Crippen LogP contribution is 2.22. The Hall–Kier alpha value is -1.39. The Morgan fingerprint density at radius 1 is 0.958 bits per heavy atom. The van der Waals surface area contributed by atoms with Crippen LogP contribution in [-0.4, -0.2) is 29.4 Å². The lowest BCUT2D eigenvalue weighted by molar-refractivity contribution is 0.0119. The van der Waals surface area contributed by atoms with E-state index in [1.165, 1.54) is 45.6 Å². The lowest BCUT2D eigenvalue weighted by atomic mass is 9.98. The maximum absolute atomic E-state index is 11.4. The summed E-state index contributed by atoms with van der Waals surface area (Å²) in [5.74, 6) is -0.407. The summed E-state index contributed by atoms with van der Waals surface area (Å²) in [6, 6.07) is 6.53. The van der Waals surface area contributed by atoms with E-state index in [2.05, 4.69) is 11.7 Å². The molecule has 4 heteroatoms. The number of hydrogen-bond acceptors (Lipinski definition) is 4. The quantitative estimate of drug-likeness (QED) is 0.438. The fourth-order valence-corrected chi connectivity index (χ4v) is 2.80. The number of esters is 1. The molecular formula is C20H32O4. The van der Waals surface area contributed by atoms with Gasteiger partial charge >= 0.3 is 5.97 Å². The van der Waals surface area contributed by atoms with Gasteiger partial charge in [0.1, 0.15) is 6.10 Å². The van der Waals surface area contributed by atoms with E-state index >= 15 is 0 Å². The zero-order chi connectivity index (χ0) is 17.8. The fraction of sp³-hybridized carbons (Fsp3) is 0.650. The van der Waals surface area contributed by atoms with Crippen LogP contribution in [0.3, 0.4) is 0 Å². The Morgan fingerprint density at radius 3 is 2.04 bits per heavy atom. The third kappa shape index (κ3) is 7.45. The smallest absolute Gasteiger partial charge is 0.337 e. The van der Waals surface area contributed by atoms with Gasteiger partial charge in [0.15, 0.2) is 0 Å². The second-order valence-electron chi connectivity index (χ2n) is 6.39. The summed E-state index contributed by atoms with van der Waals surface area (Å²) in [7, 11) is 1.33. The van der Waals surface area contributed by atoms with Gasteiger partial charge in [0.25, 0.3) is 0 Å². The lowest BCUT2D eigenvalue weighted by Crippen LogP contribution is -2.18. The van der Waals surface area contributed by atoms with Gasteiger partial charge in [-0.15, -0.1) is 0 Å². The van der Waals surface area contributed by atoms with Crippen LogP contribution in [0.4, 0.5) is 0 Å². The summed E-state index contributed by atoms with van der Waals surface area (Å²) < 4.78 is 4.64. The zero-order valence-electron chi connectivity index (χ0n) is 15.0. The molecule has 0 aliphatic heterocycles. The maximum Gasteiger partial charge on any atom is 0.337 e. The van der Waals surface area contributed by atoms with E-state index in [4.69, 9.17) is 0 Å². The van der Waals surface area contributed by atoms with Crippen LogP contribution in [-0.2, 0) is 4.74 Å². The number of unbranched alkanes of at least 4 members (excludes halogenated alkanes) is 7. The van der Waals surface area contributed by atoms with Crippen LogP contribution in [0.2, 0.25) is 0 Å². The van der Waals surface area contributed by atoms with Crippen molar-refractivity contribution in [2.24, 2.45) is 0 Å². The summed E-state index contributed by atoms with van der Waals surface area (Å²) >= 11 is 0. The van der Waals surface area contributed by atoms with E-state index in [-0.39, 0.29) is 0 Å². The van der Waals surface area contributed by atoms with Gasteiger partial charge in [-0.25, -0.2) is 4.79 Å². The first-order valence-corrected chi connectivity index (χ1v) is 9.14. The Bertz CT molecular complexity index is 455. The van der Waals surface area contributed by atoms with Gasteiger partial charge in [-0.3, -0.25) is 0 Å². The van der Waals surface area contributed by atoms with Crippen LogP contribution in [0.15, 0.2) is 24.3 Å². The van der Waals surface area contributed by atoms with Crippen molar-refractivity contribution in [3.8, 4) is 0 Å². The molecular weight excluding hydrogens is 304 g/mol. The molecule has 0 saturated carbocycles. The van der Waals surface area contributed by atoms with Crippen molar-refractivity contribution >= 4 is 5.97 Å². The first-order chi connectivity index (χ1) is 11.6. The summed E-state index contributed by atoms with van der Waals surface area (Å²) in [4.78, 5) is 11.4. The topological polar surface area (TPSA) is 66.8 Å².